The van der Waals surface area contributed by atoms with Crippen molar-refractivity contribution in [1.29, 1.82) is 0 Å². The Morgan fingerprint density at radius 1 is 1.16 bits per heavy atom. The van der Waals surface area contributed by atoms with E-state index in [0.717, 1.165) is 11.1 Å². The largest absolute Gasteiger partial charge is 0.439 e. The lowest BCUT2D eigenvalue weighted by Crippen LogP contribution is -1.97. The zero-order chi connectivity index (χ0) is 14.0. The molecule has 6 nitrogen and oxygen atoms in total. The molecule has 1 aromatic heterocycles. The number of nitrogens with zero attached hydrogens (tertiary/aromatic N) is 2. The van der Waals surface area contributed by atoms with Crippen LogP contribution in [0.1, 0.15) is 11.1 Å². The van der Waals surface area contributed by atoms with Crippen molar-refractivity contribution in [2.24, 2.45) is 0 Å². The number of nitrogen functional groups attached to an aromatic ring is 1. The molecule has 0 fully saturated rings. The van der Waals surface area contributed by atoms with Crippen molar-refractivity contribution in [3.05, 3.63) is 51.6 Å². The number of hydrogen-bond acceptors (Lipinski definition) is 5. The molecule has 0 aliphatic carbocycles. The molecular weight excluding hydrogens is 246 g/mol. The van der Waals surface area contributed by atoms with Crippen molar-refractivity contribution in [1.82, 2.24) is 4.98 Å². The van der Waals surface area contributed by atoms with E-state index in [0.29, 0.717) is 5.75 Å². The minimum absolute atomic E-state index is 0.0496. The number of aryl methyl sites for hydroxylation is 2. The van der Waals surface area contributed by atoms with Gasteiger partial charge in [-0.3, -0.25) is 10.1 Å². The Morgan fingerprint density at radius 2 is 1.79 bits per heavy atom. The number of nitro groups is 1. The minimum Gasteiger partial charge on any atom is -0.439 e. The van der Waals surface area contributed by atoms with Gasteiger partial charge in [0.05, 0.1) is 17.1 Å². The van der Waals surface area contributed by atoms with E-state index in [1.165, 1.54) is 12.1 Å². The van der Waals surface area contributed by atoms with E-state index in [4.69, 9.17) is 10.5 Å². The van der Waals surface area contributed by atoms with Crippen LogP contribution < -0.4 is 10.5 Å². The van der Waals surface area contributed by atoms with Gasteiger partial charge in [0.1, 0.15) is 11.6 Å². The molecule has 0 aliphatic heterocycles. The molecular formula is C13H13N3O3. The quantitative estimate of drug-likeness (QED) is 0.675. The molecule has 1 heterocycles. The molecule has 0 saturated heterocycles. The first-order valence-corrected chi connectivity index (χ1v) is 5.62. The fraction of sp³-hybridized carbons (Fsp3) is 0.154. The average Bonchev–Trinajstić information content (AvgIpc) is 2.26. The van der Waals surface area contributed by atoms with E-state index in [2.05, 4.69) is 4.98 Å². The molecule has 0 bridgehead atoms. The van der Waals surface area contributed by atoms with Crippen molar-refractivity contribution in [3.63, 3.8) is 0 Å². The Labute approximate surface area is 110 Å². The highest BCUT2D eigenvalue weighted by Crippen LogP contribution is 2.26. The summed E-state index contributed by atoms with van der Waals surface area (Å²) < 4.78 is 5.52. The van der Waals surface area contributed by atoms with Crippen LogP contribution in [-0.2, 0) is 0 Å². The second-order valence-corrected chi connectivity index (χ2v) is 4.27. The molecule has 0 aliphatic rings. The SMILES string of the molecule is Cc1cc(C)cc(Oc2cc([N+](=O)[O-])cc(N)n2)c1. The van der Waals surface area contributed by atoms with Gasteiger partial charge in [-0.25, -0.2) is 0 Å². The fourth-order valence-corrected chi connectivity index (χ4v) is 1.78. The van der Waals surface area contributed by atoms with Gasteiger partial charge in [-0.1, -0.05) is 6.07 Å². The zero-order valence-electron chi connectivity index (χ0n) is 10.6. The number of benzene rings is 1. The van der Waals surface area contributed by atoms with Gasteiger partial charge in [0.25, 0.3) is 5.69 Å². The maximum absolute atomic E-state index is 10.7. The Kier molecular flexibility index (Phi) is 3.33. The summed E-state index contributed by atoms with van der Waals surface area (Å²) in [4.78, 5) is 14.1. The predicted octanol–water partition coefficient (Wildman–Crippen LogP) is 2.98. The molecule has 2 aromatic rings. The van der Waals surface area contributed by atoms with Gasteiger partial charge in [-0.15, -0.1) is 0 Å². The molecule has 0 spiro atoms. The molecule has 1 aromatic carbocycles. The molecule has 19 heavy (non-hydrogen) atoms. The average molecular weight is 259 g/mol. The molecule has 0 radical (unpaired) electrons. The number of pyridine rings is 1. The first-order chi connectivity index (χ1) is 8.94. The Hall–Kier alpha value is -2.63. The van der Waals surface area contributed by atoms with E-state index in [1.54, 1.807) is 0 Å². The van der Waals surface area contributed by atoms with E-state index < -0.39 is 4.92 Å². The molecule has 0 unspecified atom stereocenters. The van der Waals surface area contributed by atoms with Crippen molar-refractivity contribution >= 4 is 11.5 Å². The molecule has 98 valence electrons. The van der Waals surface area contributed by atoms with Crippen LogP contribution in [-0.4, -0.2) is 9.91 Å². The second-order valence-electron chi connectivity index (χ2n) is 4.27. The number of aromatic nitrogens is 1. The van der Waals surface area contributed by atoms with Gasteiger partial charge < -0.3 is 10.5 Å². The topological polar surface area (TPSA) is 91.3 Å². The normalized spacial score (nSPS) is 10.2. The monoisotopic (exact) mass is 259 g/mol. The van der Waals surface area contributed by atoms with Gasteiger partial charge in [0.15, 0.2) is 0 Å². The van der Waals surface area contributed by atoms with E-state index >= 15 is 0 Å². The molecule has 0 amide bonds. The zero-order valence-corrected chi connectivity index (χ0v) is 10.6. The summed E-state index contributed by atoms with van der Waals surface area (Å²) in [7, 11) is 0. The lowest BCUT2D eigenvalue weighted by Gasteiger charge is -2.07. The third-order valence-electron chi connectivity index (χ3n) is 2.43. The lowest BCUT2D eigenvalue weighted by atomic mass is 10.1. The summed E-state index contributed by atoms with van der Waals surface area (Å²) in [5, 5.41) is 10.7. The van der Waals surface area contributed by atoms with Crippen molar-refractivity contribution in [2.45, 2.75) is 13.8 Å². The summed E-state index contributed by atoms with van der Waals surface area (Å²) in [6.07, 6.45) is 0. The highest BCUT2D eigenvalue weighted by Gasteiger charge is 2.11. The van der Waals surface area contributed by atoms with Crippen molar-refractivity contribution in [3.8, 4) is 11.6 Å². The number of anilines is 1. The number of rotatable bonds is 3. The smallest absolute Gasteiger partial charge is 0.278 e. The predicted molar refractivity (Wildman–Crippen MR) is 71.3 cm³/mol. The molecule has 2 N–H and O–H groups in total. The lowest BCUT2D eigenvalue weighted by molar-refractivity contribution is -0.384. The summed E-state index contributed by atoms with van der Waals surface area (Å²) in [5.74, 6) is 0.732. The van der Waals surface area contributed by atoms with Crippen LogP contribution in [0.3, 0.4) is 0 Å². The van der Waals surface area contributed by atoms with Crippen LogP contribution in [0.2, 0.25) is 0 Å². The number of ether oxygens (including phenoxy) is 1. The number of nitrogens with two attached hydrogens (primary N) is 1. The van der Waals surface area contributed by atoms with E-state index in [-0.39, 0.29) is 17.4 Å². The summed E-state index contributed by atoms with van der Waals surface area (Å²) in [6.45, 7) is 3.88. The fourth-order valence-electron chi connectivity index (χ4n) is 1.78. The maximum Gasteiger partial charge on any atom is 0.278 e. The maximum atomic E-state index is 10.7. The van der Waals surface area contributed by atoms with Gasteiger partial charge in [0.2, 0.25) is 5.88 Å². The van der Waals surface area contributed by atoms with Crippen LogP contribution in [0.4, 0.5) is 11.5 Å². The molecule has 0 saturated carbocycles. The van der Waals surface area contributed by atoms with Gasteiger partial charge in [-0.05, 0) is 37.1 Å². The van der Waals surface area contributed by atoms with Crippen LogP contribution in [0.25, 0.3) is 0 Å². The minimum atomic E-state index is -0.535. The first-order valence-electron chi connectivity index (χ1n) is 5.62. The second kappa shape index (κ2) is 4.93. The van der Waals surface area contributed by atoms with E-state index in [1.807, 2.05) is 32.0 Å². The number of hydrogen-bond donors (Lipinski definition) is 1. The Bertz CT molecular complexity index is 621. The molecule has 2 rings (SSSR count). The van der Waals surface area contributed by atoms with Gasteiger partial charge >= 0.3 is 0 Å². The summed E-state index contributed by atoms with van der Waals surface area (Å²) >= 11 is 0. The summed E-state index contributed by atoms with van der Waals surface area (Å²) in [5.41, 5.74) is 7.44. The third kappa shape index (κ3) is 3.19. The van der Waals surface area contributed by atoms with E-state index in [9.17, 15) is 10.1 Å². The summed E-state index contributed by atoms with van der Waals surface area (Å²) in [6, 6.07) is 8.08. The molecule has 6 heteroatoms. The van der Waals surface area contributed by atoms with Crippen LogP contribution in [0.15, 0.2) is 30.3 Å². The van der Waals surface area contributed by atoms with Gasteiger partial charge in [-0.2, -0.15) is 4.98 Å². The van der Waals surface area contributed by atoms with Crippen LogP contribution in [0.5, 0.6) is 11.6 Å². The van der Waals surface area contributed by atoms with Crippen LogP contribution in [0, 0.1) is 24.0 Å². The van der Waals surface area contributed by atoms with Crippen molar-refractivity contribution in [2.75, 3.05) is 5.73 Å². The van der Waals surface area contributed by atoms with Gasteiger partial charge in [0, 0.05) is 0 Å². The standard InChI is InChI=1S/C13H13N3O3/c1-8-3-9(2)5-11(4-8)19-13-7-10(16(17)18)6-12(14)15-13/h3-7H,1-2H3,(H2,14,15). The highest BCUT2D eigenvalue weighted by molar-refractivity contribution is 5.46. The highest BCUT2D eigenvalue weighted by atomic mass is 16.6. The Balaban J connectivity index is 2.35. The third-order valence-corrected chi connectivity index (χ3v) is 2.43. The Morgan fingerprint density at radius 3 is 2.37 bits per heavy atom. The molecule has 0 atom stereocenters. The first kappa shape index (κ1) is 12.8. The van der Waals surface area contributed by atoms with Crippen LogP contribution >= 0.6 is 0 Å². The van der Waals surface area contributed by atoms with Crippen molar-refractivity contribution < 1.29 is 9.66 Å².